The highest BCUT2D eigenvalue weighted by atomic mass is 16.8. The van der Waals surface area contributed by atoms with Crippen LogP contribution in [0, 0.1) is 5.41 Å². The van der Waals surface area contributed by atoms with Crippen molar-refractivity contribution >= 4 is 23.9 Å². The van der Waals surface area contributed by atoms with Crippen molar-refractivity contribution in [3.63, 3.8) is 0 Å². The Morgan fingerprint density at radius 3 is 2.33 bits per heavy atom. The third-order valence-corrected chi connectivity index (χ3v) is 11.6. The minimum absolute atomic E-state index is 0.00444. The molecule has 4 fully saturated rings. The number of carbonyl (C=O) groups excluding carboxylic acids is 3. The van der Waals surface area contributed by atoms with Crippen molar-refractivity contribution in [1.82, 2.24) is 10.4 Å². The van der Waals surface area contributed by atoms with Crippen molar-refractivity contribution in [3.8, 4) is 5.75 Å². The van der Waals surface area contributed by atoms with Gasteiger partial charge in [0.15, 0.2) is 11.8 Å². The number of benzene rings is 2. The smallest absolute Gasteiger partial charge is 0.327 e. The molecule has 1 aliphatic carbocycles. The van der Waals surface area contributed by atoms with Gasteiger partial charge in [-0.1, -0.05) is 94.1 Å². The van der Waals surface area contributed by atoms with Crippen molar-refractivity contribution in [2.45, 2.75) is 166 Å². The molecule has 57 heavy (non-hydrogen) atoms. The molecule has 6 rings (SSSR count). The largest absolute Gasteiger partial charge is 0.508 e. The minimum Gasteiger partial charge on any atom is -0.508 e. The first-order chi connectivity index (χ1) is 27.3. The quantitative estimate of drug-likeness (QED) is 0.103. The summed E-state index contributed by atoms with van der Waals surface area (Å²) in [5, 5.41) is 25.1. The molecule has 4 aliphatic rings. The lowest BCUT2D eigenvalue weighted by Crippen LogP contribution is -2.70. The summed E-state index contributed by atoms with van der Waals surface area (Å²) < 4.78 is 25.5. The molecule has 12 nitrogen and oxygen atoms in total. The Hall–Kier alpha value is -3.81. The second-order valence-electron chi connectivity index (χ2n) is 17.2. The normalized spacial score (nSPS) is 26.9. The fraction of sp³-hybridized carbons (Fsp3) is 0.622. The van der Waals surface area contributed by atoms with Crippen LogP contribution >= 0.6 is 0 Å². The Bertz CT molecular complexity index is 1710. The van der Waals surface area contributed by atoms with Crippen LogP contribution in [-0.4, -0.2) is 87.6 Å². The molecule has 0 radical (unpaired) electrons. The first-order valence-corrected chi connectivity index (χ1v) is 21.0. The maximum absolute atomic E-state index is 14.8. The molecule has 12 heteroatoms. The van der Waals surface area contributed by atoms with E-state index in [1.165, 1.54) is 0 Å². The number of hydrogen-bond acceptors (Lipinski definition) is 11. The first-order valence-electron chi connectivity index (χ1n) is 21.0. The third kappa shape index (κ3) is 9.74. The minimum atomic E-state index is -1.42. The molecule has 2 aromatic carbocycles. The van der Waals surface area contributed by atoms with Crippen molar-refractivity contribution in [3.05, 3.63) is 71.3 Å². The fourth-order valence-electron chi connectivity index (χ4n) is 8.83. The average molecular weight is 791 g/mol. The summed E-state index contributed by atoms with van der Waals surface area (Å²) in [4.78, 5) is 48.4. The van der Waals surface area contributed by atoms with E-state index in [9.17, 15) is 24.6 Å². The van der Waals surface area contributed by atoms with Crippen LogP contribution < -0.4 is 5.32 Å². The SMILES string of the molecule is CCCCCC1(CCCCC)O[C@@H]2[C@H](O1)[C@H]1ON(Cc3ccc(C=CCc4ccccc4O)cc3)[C@@H]3C(=O)O[C@@H]2C[C@]13C(=O)N[C@H](CO)CCC(=O)OC(C)(C)C. The molecular formula is C45H62N2O10. The van der Waals surface area contributed by atoms with E-state index >= 15 is 0 Å². The molecule has 1 saturated carbocycles. The number of aromatic hydroxyl groups is 1. The van der Waals surface area contributed by atoms with Crippen molar-refractivity contribution < 1.29 is 48.4 Å². The zero-order valence-electron chi connectivity index (χ0n) is 34.2. The monoisotopic (exact) mass is 790 g/mol. The summed E-state index contributed by atoms with van der Waals surface area (Å²) in [5.41, 5.74) is 0.572. The number of ether oxygens (including phenoxy) is 4. The molecular weight excluding hydrogens is 728 g/mol. The van der Waals surface area contributed by atoms with Crippen molar-refractivity contribution in [2.24, 2.45) is 5.41 Å². The standard InChI is InChI=1S/C45H62N2O10/c1-6-8-12-25-44(26-13-9-7-2)55-37-35-27-45(42(52)46-33(29-48)23-24-36(50)54-43(3,4)5)39(41(51)53-35)47(57-40(45)38(37)56-44)28-31-21-19-30(20-22-31)15-14-17-32-16-10-11-18-34(32)49/h10-11,14-16,18-22,33,35,37-40,48-49H,6-9,12-13,17,23-29H2,1-5H3,(H,46,52)/t33-,35+,37-,38-,39+,40+,45+/m0/s1. The number of phenolic OH excluding ortho intramolecular Hbond substituents is 1. The summed E-state index contributed by atoms with van der Waals surface area (Å²) in [6.45, 7) is 9.45. The van der Waals surface area contributed by atoms with Crippen LogP contribution in [0.5, 0.6) is 5.75 Å². The summed E-state index contributed by atoms with van der Waals surface area (Å²) in [6.07, 6.45) is 9.26. The van der Waals surface area contributed by atoms with Crippen LogP contribution in [-0.2, 0) is 51.1 Å². The molecule has 2 aromatic rings. The van der Waals surface area contributed by atoms with Gasteiger partial charge in [-0.3, -0.25) is 19.2 Å². The number of aliphatic hydroxyl groups is 1. The molecule has 312 valence electrons. The van der Waals surface area contributed by atoms with Crippen LogP contribution in [0.3, 0.4) is 0 Å². The van der Waals surface area contributed by atoms with Gasteiger partial charge in [0.25, 0.3) is 0 Å². The highest BCUT2D eigenvalue weighted by Crippen LogP contribution is 2.58. The third-order valence-electron chi connectivity index (χ3n) is 11.6. The van der Waals surface area contributed by atoms with Gasteiger partial charge in [0.05, 0.1) is 19.2 Å². The number of allylic oxidation sites excluding steroid dienone is 1. The topological polar surface area (TPSA) is 153 Å². The lowest BCUT2D eigenvalue weighted by Gasteiger charge is -2.49. The highest BCUT2D eigenvalue weighted by molar-refractivity contribution is 5.93. The van der Waals surface area contributed by atoms with E-state index in [1.807, 2.05) is 48.6 Å². The number of fused-ring (bicyclic) bond motifs is 4. The number of hydrogen-bond donors (Lipinski definition) is 3. The Morgan fingerprint density at radius 2 is 1.68 bits per heavy atom. The van der Waals surface area contributed by atoms with Crippen LogP contribution in [0.2, 0.25) is 0 Å². The predicted octanol–water partition coefficient (Wildman–Crippen LogP) is 6.69. The van der Waals surface area contributed by atoms with Gasteiger partial charge in [-0.25, -0.2) is 0 Å². The van der Waals surface area contributed by atoms with Gasteiger partial charge in [-0.15, -0.1) is 0 Å². The number of nitrogens with one attached hydrogen (secondary N) is 1. The molecule has 3 N–H and O–H groups in total. The Labute approximate surface area is 337 Å². The molecule has 3 saturated heterocycles. The predicted molar refractivity (Wildman–Crippen MR) is 213 cm³/mol. The summed E-state index contributed by atoms with van der Waals surface area (Å²) in [5.74, 6) is -2.09. The zero-order chi connectivity index (χ0) is 40.8. The zero-order valence-corrected chi connectivity index (χ0v) is 34.2. The van der Waals surface area contributed by atoms with E-state index < -0.39 is 77.8 Å². The van der Waals surface area contributed by atoms with Gasteiger partial charge < -0.3 is 34.5 Å². The van der Waals surface area contributed by atoms with Crippen LogP contribution in [0.1, 0.15) is 122 Å². The maximum Gasteiger partial charge on any atom is 0.327 e. The van der Waals surface area contributed by atoms with E-state index in [0.29, 0.717) is 19.3 Å². The van der Waals surface area contributed by atoms with E-state index in [1.54, 1.807) is 38.0 Å². The molecule has 0 aromatic heterocycles. The molecule has 1 amide bonds. The maximum atomic E-state index is 14.8. The Balaban J connectivity index is 1.26. The van der Waals surface area contributed by atoms with Crippen molar-refractivity contribution in [1.29, 1.82) is 0 Å². The number of amides is 1. The number of unbranched alkanes of at least 4 members (excludes halogenated alkanes) is 4. The van der Waals surface area contributed by atoms with E-state index in [-0.39, 0.29) is 31.6 Å². The molecule has 2 bridgehead atoms. The summed E-state index contributed by atoms with van der Waals surface area (Å²) in [7, 11) is 0. The number of carbonyl (C=O) groups is 3. The first kappa shape index (κ1) is 42.8. The van der Waals surface area contributed by atoms with Crippen LogP contribution in [0.25, 0.3) is 6.08 Å². The van der Waals surface area contributed by atoms with Gasteiger partial charge in [-0.05, 0) is 69.2 Å². The number of rotatable bonds is 19. The number of hydroxylamine groups is 2. The summed E-state index contributed by atoms with van der Waals surface area (Å²) >= 11 is 0. The molecule has 7 atom stereocenters. The second-order valence-corrected chi connectivity index (χ2v) is 17.2. The lowest BCUT2D eigenvalue weighted by atomic mass is 9.62. The van der Waals surface area contributed by atoms with Crippen LogP contribution in [0.15, 0.2) is 54.6 Å². The highest BCUT2D eigenvalue weighted by Gasteiger charge is 2.76. The van der Waals surface area contributed by atoms with Gasteiger partial charge in [0.1, 0.15) is 41.2 Å². The average Bonchev–Trinajstić information content (AvgIpc) is 3.72. The van der Waals surface area contributed by atoms with E-state index in [0.717, 1.165) is 55.2 Å². The van der Waals surface area contributed by atoms with Crippen LogP contribution in [0.4, 0.5) is 0 Å². The van der Waals surface area contributed by atoms with Gasteiger partial charge >= 0.3 is 11.9 Å². The lowest BCUT2D eigenvalue weighted by molar-refractivity contribution is -0.224. The van der Waals surface area contributed by atoms with Gasteiger partial charge in [0.2, 0.25) is 5.91 Å². The van der Waals surface area contributed by atoms with E-state index in [4.69, 9.17) is 23.8 Å². The summed E-state index contributed by atoms with van der Waals surface area (Å²) in [6, 6.07) is 13.2. The van der Waals surface area contributed by atoms with E-state index in [2.05, 4.69) is 19.2 Å². The van der Waals surface area contributed by atoms with Crippen molar-refractivity contribution in [2.75, 3.05) is 6.61 Å². The molecule has 3 heterocycles. The number of esters is 2. The molecule has 0 spiro atoms. The number of nitrogens with zero attached hydrogens (tertiary/aromatic N) is 1. The van der Waals surface area contributed by atoms with Gasteiger partial charge in [0, 0.05) is 25.7 Å². The Kier molecular flexibility index (Phi) is 13.8. The Morgan fingerprint density at radius 1 is 1.00 bits per heavy atom. The molecule has 3 aliphatic heterocycles. The number of aliphatic hydroxyl groups excluding tert-OH is 1. The number of para-hydroxylation sites is 1. The number of phenols is 1. The fourth-order valence-corrected chi connectivity index (χ4v) is 8.83. The van der Waals surface area contributed by atoms with Gasteiger partial charge in [-0.2, -0.15) is 5.06 Å². The second kappa shape index (κ2) is 18.4. The molecule has 0 unspecified atom stereocenters.